The molecule has 0 aromatic carbocycles. The minimum Gasteiger partial charge on any atom is -0.480 e. The minimum atomic E-state index is -3.10. The summed E-state index contributed by atoms with van der Waals surface area (Å²) in [5, 5.41) is 8.50. The van der Waals surface area contributed by atoms with E-state index in [2.05, 4.69) is 4.85 Å². The van der Waals surface area contributed by atoms with Gasteiger partial charge in [0, 0.05) is 0 Å². The van der Waals surface area contributed by atoms with Crippen LogP contribution in [-0.2, 0) is 9.59 Å². The number of nitrogens with zero attached hydrogens (tertiary/aromatic N) is 2. The first-order valence-electron chi connectivity index (χ1n) is 4.79. The Morgan fingerprint density at radius 1 is 1.65 bits per heavy atom. The molecule has 0 aromatic rings. The van der Waals surface area contributed by atoms with Gasteiger partial charge in [0.2, 0.25) is 5.91 Å². The number of likely N-dealkylation sites (tertiary alicyclic amines) is 1. The number of hydrogen-bond acceptors (Lipinski definition) is 3. The van der Waals surface area contributed by atoms with E-state index in [1.165, 1.54) is 0 Å². The fraction of sp³-hybridized carbons (Fsp3) is 0.667. The predicted octanol–water partition coefficient (Wildman–Crippen LogP) is -0.0986. The standard InChI is InChI=1S/C9H11F2N3O3/c1-13-6-3-9(10,11)4-14(6)7(15)2-5(12)8(16)17/h5-6H,2-4,12H2,(H,16,17)/t5-,6-/m0/s1. The Labute approximate surface area is 95.8 Å². The lowest BCUT2D eigenvalue weighted by Gasteiger charge is -2.17. The third-order valence-corrected chi connectivity index (χ3v) is 2.42. The van der Waals surface area contributed by atoms with Gasteiger partial charge in [-0.15, -0.1) is 0 Å². The van der Waals surface area contributed by atoms with Gasteiger partial charge in [-0.3, -0.25) is 19.3 Å². The average molecular weight is 247 g/mol. The summed E-state index contributed by atoms with van der Waals surface area (Å²) < 4.78 is 26.0. The molecule has 0 aromatic heterocycles. The van der Waals surface area contributed by atoms with Crippen LogP contribution in [0.3, 0.4) is 0 Å². The van der Waals surface area contributed by atoms with E-state index in [0.29, 0.717) is 4.90 Å². The molecule has 1 amide bonds. The molecule has 17 heavy (non-hydrogen) atoms. The quantitative estimate of drug-likeness (QED) is 0.682. The van der Waals surface area contributed by atoms with Gasteiger partial charge in [0.05, 0.1) is 13.0 Å². The summed E-state index contributed by atoms with van der Waals surface area (Å²) in [6, 6.07) is -1.44. The lowest BCUT2D eigenvalue weighted by atomic mass is 10.2. The van der Waals surface area contributed by atoms with E-state index >= 15 is 0 Å². The zero-order valence-corrected chi connectivity index (χ0v) is 8.77. The van der Waals surface area contributed by atoms with Crippen LogP contribution in [-0.4, -0.2) is 46.6 Å². The van der Waals surface area contributed by atoms with Crippen LogP contribution in [0, 0.1) is 6.57 Å². The first kappa shape index (κ1) is 13.3. The van der Waals surface area contributed by atoms with E-state index in [-0.39, 0.29) is 0 Å². The Balaban J connectivity index is 2.70. The van der Waals surface area contributed by atoms with Crippen molar-refractivity contribution >= 4 is 11.9 Å². The number of hydrogen-bond donors (Lipinski definition) is 2. The highest BCUT2D eigenvalue weighted by Crippen LogP contribution is 2.33. The molecule has 3 N–H and O–H groups in total. The number of aliphatic carboxylic acids is 1. The maximum absolute atomic E-state index is 13.0. The zero-order valence-electron chi connectivity index (χ0n) is 8.77. The molecule has 1 rings (SSSR count). The molecule has 1 fully saturated rings. The highest BCUT2D eigenvalue weighted by atomic mass is 19.3. The Morgan fingerprint density at radius 3 is 2.71 bits per heavy atom. The third kappa shape index (κ3) is 3.10. The number of carboxylic acid groups (broad SMARTS) is 1. The topological polar surface area (TPSA) is 88.0 Å². The van der Waals surface area contributed by atoms with Gasteiger partial charge in [-0.2, -0.15) is 0 Å². The van der Waals surface area contributed by atoms with Crippen LogP contribution >= 0.6 is 0 Å². The second-order valence-corrected chi connectivity index (χ2v) is 3.84. The molecule has 94 valence electrons. The van der Waals surface area contributed by atoms with E-state index < -0.39 is 49.4 Å². The fourth-order valence-corrected chi connectivity index (χ4v) is 1.56. The van der Waals surface area contributed by atoms with Crippen molar-refractivity contribution in [3.05, 3.63) is 11.4 Å². The molecule has 8 heteroatoms. The molecule has 6 nitrogen and oxygen atoms in total. The number of carbonyl (C=O) groups excluding carboxylic acids is 1. The summed E-state index contributed by atoms with van der Waals surface area (Å²) in [6.45, 7) is 5.86. The molecule has 1 heterocycles. The monoisotopic (exact) mass is 247 g/mol. The lowest BCUT2D eigenvalue weighted by molar-refractivity contribution is -0.142. The second-order valence-electron chi connectivity index (χ2n) is 3.84. The van der Waals surface area contributed by atoms with Crippen molar-refractivity contribution in [2.75, 3.05) is 6.54 Å². The summed E-state index contributed by atoms with van der Waals surface area (Å²) in [6.07, 6.45) is -2.54. The number of alkyl halides is 2. The van der Waals surface area contributed by atoms with Crippen LogP contribution in [0.15, 0.2) is 0 Å². The van der Waals surface area contributed by atoms with Crippen LogP contribution in [0.1, 0.15) is 12.8 Å². The van der Waals surface area contributed by atoms with Crippen LogP contribution in [0.4, 0.5) is 8.78 Å². The summed E-state index contributed by atoms with van der Waals surface area (Å²) in [5.74, 6) is -5.32. The summed E-state index contributed by atoms with van der Waals surface area (Å²) in [4.78, 5) is 25.6. The maximum atomic E-state index is 13.0. The van der Waals surface area contributed by atoms with Crippen LogP contribution in [0.5, 0.6) is 0 Å². The van der Waals surface area contributed by atoms with Crippen LogP contribution in [0.25, 0.3) is 4.85 Å². The Bertz CT molecular complexity index is 380. The lowest BCUT2D eigenvalue weighted by Crippen LogP contribution is -2.41. The van der Waals surface area contributed by atoms with E-state index in [4.69, 9.17) is 17.4 Å². The first-order chi connectivity index (χ1) is 7.76. The molecule has 1 aliphatic rings. The zero-order chi connectivity index (χ0) is 13.2. The summed E-state index contributed by atoms with van der Waals surface area (Å²) >= 11 is 0. The second kappa shape index (κ2) is 4.63. The highest BCUT2D eigenvalue weighted by Gasteiger charge is 2.51. The SMILES string of the molecule is [C-]#[N+][C@@H]1CC(F)(F)CN1C(=O)C[C@H](N)C(=O)O. The van der Waals surface area contributed by atoms with Gasteiger partial charge in [-0.1, -0.05) is 0 Å². The van der Waals surface area contributed by atoms with Crippen LogP contribution < -0.4 is 5.73 Å². The molecule has 0 bridgehead atoms. The molecule has 1 aliphatic heterocycles. The van der Waals surface area contributed by atoms with Crippen molar-refractivity contribution in [1.82, 2.24) is 4.90 Å². The smallest absolute Gasteiger partial charge is 0.321 e. The Hall–Kier alpha value is -1.75. The molecule has 0 saturated carbocycles. The van der Waals surface area contributed by atoms with Crippen LogP contribution in [0.2, 0.25) is 0 Å². The molecule has 1 saturated heterocycles. The molecule has 0 radical (unpaired) electrons. The van der Waals surface area contributed by atoms with Crippen molar-refractivity contribution in [3.8, 4) is 0 Å². The largest absolute Gasteiger partial charge is 0.480 e. The van der Waals surface area contributed by atoms with E-state index in [0.717, 1.165) is 0 Å². The van der Waals surface area contributed by atoms with Gasteiger partial charge < -0.3 is 10.8 Å². The molecular weight excluding hydrogens is 236 g/mol. The van der Waals surface area contributed by atoms with Crippen molar-refractivity contribution in [1.29, 1.82) is 0 Å². The highest BCUT2D eigenvalue weighted by molar-refractivity contribution is 5.84. The average Bonchev–Trinajstić information content (AvgIpc) is 2.53. The van der Waals surface area contributed by atoms with E-state index in [1.807, 2.05) is 0 Å². The molecule has 0 spiro atoms. The number of carbonyl (C=O) groups is 2. The maximum Gasteiger partial charge on any atom is 0.321 e. The van der Waals surface area contributed by atoms with Crippen molar-refractivity contribution in [3.63, 3.8) is 0 Å². The van der Waals surface area contributed by atoms with Crippen molar-refractivity contribution in [2.24, 2.45) is 5.73 Å². The molecule has 0 aliphatic carbocycles. The third-order valence-electron chi connectivity index (χ3n) is 2.42. The first-order valence-corrected chi connectivity index (χ1v) is 4.79. The summed E-state index contributed by atoms with van der Waals surface area (Å²) in [5.41, 5.74) is 5.13. The van der Waals surface area contributed by atoms with E-state index in [1.54, 1.807) is 0 Å². The number of rotatable bonds is 3. The normalized spacial score (nSPS) is 24.1. The summed E-state index contributed by atoms with van der Waals surface area (Å²) in [7, 11) is 0. The van der Waals surface area contributed by atoms with Crippen molar-refractivity contribution < 1.29 is 23.5 Å². The van der Waals surface area contributed by atoms with Gasteiger partial charge in [0.15, 0.2) is 0 Å². The predicted molar refractivity (Wildman–Crippen MR) is 51.9 cm³/mol. The molecular formula is C9H11F2N3O3. The number of nitrogens with two attached hydrogens (primary N) is 1. The minimum absolute atomic E-state index is 0.586. The van der Waals surface area contributed by atoms with Gasteiger partial charge in [0.25, 0.3) is 5.92 Å². The molecule has 0 unspecified atom stereocenters. The van der Waals surface area contributed by atoms with Gasteiger partial charge in [-0.05, 0) is 0 Å². The van der Waals surface area contributed by atoms with Gasteiger partial charge in [-0.25, -0.2) is 15.4 Å². The Kier molecular flexibility index (Phi) is 3.63. The molecule has 2 atom stereocenters. The number of halogens is 2. The van der Waals surface area contributed by atoms with Gasteiger partial charge in [0.1, 0.15) is 12.5 Å². The van der Waals surface area contributed by atoms with Gasteiger partial charge >= 0.3 is 12.1 Å². The van der Waals surface area contributed by atoms with E-state index in [9.17, 15) is 18.4 Å². The Morgan fingerprint density at radius 2 is 2.24 bits per heavy atom. The van der Waals surface area contributed by atoms with Crippen molar-refractivity contribution in [2.45, 2.75) is 31.0 Å². The fourth-order valence-electron chi connectivity index (χ4n) is 1.56. The number of amides is 1. The number of carboxylic acids is 1.